The minimum atomic E-state index is -0.231. The molecular weight excluding hydrogens is 216 g/mol. The number of hydrogen-bond donors (Lipinski definition) is 1. The minimum absolute atomic E-state index is 0.226. The van der Waals surface area contributed by atoms with Gasteiger partial charge in [0.05, 0.1) is 24.2 Å². The van der Waals surface area contributed by atoms with E-state index >= 15 is 0 Å². The van der Waals surface area contributed by atoms with E-state index in [-0.39, 0.29) is 11.9 Å². The fourth-order valence-electron chi connectivity index (χ4n) is 1.55. The van der Waals surface area contributed by atoms with E-state index in [2.05, 4.69) is 0 Å². The molecule has 0 fully saturated rings. The Morgan fingerprint density at radius 1 is 1.59 bits per heavy atom. The first-order chi connectivity index (χ1) is 8.08. The zero-order valence-electron chi connectivity index (χ0n) is 10.1. The van der Waals surface area contributed by atoms with Gasteiger partial charge in [-0.25, -0.2) is 0 Å². The summed E-state index contributed by atoms with van der Waals surface area (Å²) in [7, 11) is 0. The van der Waals surface area contributed by atoms with Gasteiger partial charge in [0.15, 0.2) is 0 Å². The standard InChI is InChI=1S/C13H16N2O2/c1-3-17-13(16)9(2)6-11-5-4-10(8-14)7-12(11)15/h4-5,7,9H,3,6,15H2,1-2H3. The van der Waals surface area contributed by atoms with Crippen molar-refractivity contribution >= 4 is 11.7 Å². The molecule has 1 rings (SSSR count). The van der Waals surface area contributed by atoms with Crippen LogP contribution in [0.25, 0.3) is 0 Å². The van der Waals surface area contributed by atoms with Gasteiger partial charge in [-0.05, 0) is 31.0 Å². The number of carbonyl (C=O) groups is 1. The largest absolute Gasteiger partial charge is 0.466 e. The number of nitriles is 1. The Hall–Kier alpha value is -2.02. The third-order valence-corrected chi connectivity index (χ3v) is 2.49. The Balaban J connectivity index is 2.75. The molecule has 2 N–H and O–H groups in total. The van der Waals surface area contributed by atoms with Crippen LogP contribution in [0.1, 0.15) is 25.0 Å². The lowest BCUT2D eigenvalue weighted by Crippen LogP contribution is -2.17. The van der Waals surface area contributed by atoms with Crippen molar-refractivity contribution in [1.82, 2.24) is 0 Å². The predicted molar refractivity (Wildman–Crippen MR) is 65.1 cm³/mol. The van der Waals surface area contributed by atoms with Gasteiger partial charge in [-0.15, -0.1) is 0 Å². The van der Waals surface area contributed by atoms with Crippen LogP contribution in [0.3, 0.4) is 0 Å². The normalized spacial score (nSPS) is 11.6. The molecule has 4 nitrogen and oxygen atoms in total. The van der Waals surface area contributed by atoms with Gasteiger partial charge in [-0.3, -0.25) is 4.79 Å². The van der Waals surface area contributed by atoms with Gasteiger partial charge < -0.3 is 10.5 Å². The molecule has 17 heavy (non-hydrogen) atoms. The number of hydrogen-bond acceptors (Lipinski definition) is 4. The van der Waals surface area contributed by atoms with Crippen LogP contribution in [-0.2, 0) is 16.0 Å². The molecule has 0 aliphatic heterocycles. The smallest absolute Gasteiger partial charge is 0.308 e. The van der Waals surface area contributed by atoms with E-state index in [0.717, 1.165) is 5.56 Å². The number of nitrogen functional groups attached to an aromatic ring is 1. The maximum absolute atomic E-state index is 11.5. The zero-order chi connectivity index (χ0) is 12.8. The average molecular weight is 232 g/mol. The topological polar surface area (TPSA) is 76.1 Å². The van der Waals surface area contributed by atoms with E-state index < -0.39 is 0 Å². The molecule has 0 amide bonds. The lowest BCUT2D eigenvalue weighted by molar-refractivity contribution is -0.147. The van der Waals surface area contributed by atoms with Gasteiger partial charge in [-0.1, -0.05) is 13.0 Å². The van der Waals surface area contributed by atoms with Gasteiger partial charge in [0, 0.05) is 5.69 Å². The highest BCUT2D eigenvalue weighted by molar-refractivity contribution is 5.72. The molecule has 0 aromatic heterocycles. The number of nitrogens with two attached hydrogens (primary N) is 1. The molecule has 0 saturated heterocycles. The van der Waals surface area contributed by atoms with Gasteiger partial charge in [0.25, 0.3) is 0 Å². The SMILES string of the molecule is CCOC(=O)C(C)Cc1ccc(C#N)cc1N. The fourth-order valence-corrected chi connectivity index (χ4v) is 1.55. The molecule has 1 aromatic carbocycles. The van der Waals surface area contributed by atoms with Crippen LogP contribution in [0.4, 0.5) is 5.69 Å². The number of nitrogens with zero attached hydrogens (tertiary/aromatic N) is 1. The maximum atomic E-state index is 11.5. The molecule has 0 aliphatic carbocycles. The number of ether oxygens (including phenoxy) is 1. The summed E-state index contributed by atoms with van der Waals surface area (Å²) in [5.74, 6) is -0.457. The number of carbonyl (C=O) groups excluding carboxylic acids is 1. The first kappa shape index (κ1) is 13.0. The summed E-state index contributed by atoms with van der Waals surface area (Å²) >= 11 is 0. The van der Waals surface area contributed by atoms with Gasteiger partial charge in [0.2, 0.25) is 0 Å². The van der Waals surface area contributed by atoms with Crippen molar-refractivity contribution < 1.29 is 9.53 Å². The van der Waals surface area contributed by atoms with Crippen LogP contribution in [0, 0.1) is 17.2 Å². The summed E-state index contributed by atoms with van der Waals surface area (Å²) in [4.78, 5) is 11.5. The van der Waals surface area contributed by atoms with Crippen LogP contribution >= 0.6 is 0 Å². The van der Waals surface area contributed by atoms with Crippen LogP contribution < -0.4 is 5.73 Å². The van der Waals surface area contributed by atoms with E-state index in [1.165, 1.54) is 0 Å². The molecule has 1 unspecified atom stereocenters. The third kappa shape index (κ3) is 3.49. The molecule has 4 heteroatoms. The monoisotopic (exact) mass is 232 g/mol. The second kappa shape index (κ2) is 5.90. The molecule has 0 spiro atoms. The Morgan fingerprint density at radius 2 is 2.29 bits per heavy atom. The molecule has 0 bridgehead atoms. The average Bonchev–Trinajstić information content (AvgIpc) is 2.31. The number of rotatable bonds is 4. The highest BCUT2D eigenvalue weighted by Crippen LogP contribution is 2.18. The van der Waals surface area contributed by atoms with Crippen molar-refractivity contribution in [3.63, 3.8) is 0 Å². The van der Waals surface area contributed by atoms with Gasteiger partial charge >= 0.3 is 5.97 Å². The van der Waals surface area contributed by atoms with Crippen molar-refractivity contribution in [2.45, 2.75) is 20.3 Å². The van der Waals surface area contributed by atoms with Crippen LogP contribution in [0.15, 0.2) is 18.2 Å². The quantitative estimate of drug-likeness (QED) is 0.635. The maximum Gasteiger partial charge on any atom is 0.308 e. The number of anilines is 1. The second-order valence-corrected chi connectivity index (χ2v) is 3.88. The Labute approximate surface area is 101 Å². The highest BCUT2D eigenvalue weighted by atomic mass is 16.5. The predicted octanol–water partition coefficient (Wildman–Crippen LogP) is 1.88. The summed E-state index contributed by atoms with van der Waals surface area (Å²) in [5, 5.41) is 8.71. The molecule has 1 atom stereocenters. The molecule has 0 saturated carbocycles. The molecule has 0 aliphatic rings. The summed E-state index contributed by atoms with van der Waals surface area (Å²) in [5.41, 5.74) is 7.75. The van der Waals surface area contributed by atoms with Gasteiger partial charge in [0.1, 0.15) is 0 Å². The second-order valence-electron chi connectivity index (χ2n) is 3.88. The minimum Gasteiger partial charge on any atom is -0.466 e. The summed E-state index contributed by atoms with van der Waals surface area (Å²) in [6.07, 6.45) is 0.524. The number of esters is 1. The lowest BCUT2D eigenvalue weighted by Gasteiger charge is -2.12. The van der Waals surface area contributed by atoms with E-state index in [1.807, 2.05) is 6.07 Å². The van der Waals surface area contributed by atoms with Crippen LogP contribution in [0.2, 0.25) is 0 Å². The molecule has 90 valence electrons. The molecule has 0 heterocycles. The number of benzene rings is 1. The molecule has 0 radical (unpaired) electrons. The van der Waals surface area contributed by atoms with Crippen molar-refractivity contribution in [2.24, 2.45) is 5.92 Å². The first-order valence-electron chi connectivity index (χ1n) is 5.53. The van der Waals surface area contributed by atoms with Crippen molar-refractivity contribution in [3.05, 3.63) is 29.3 Å². The van der Waals surface area contributed by atoms with E-state index in [4.69, 9.17) is 15.7 Å². The Kier molecular flexibility index (Phi) is 4.53. The summed E-state index contributed by atoms with van der Waals surface area (Å²) in [6.45, 7) is 3.96. The van der Waals surface area contributed by atoms with Crippen LogP contribution in [0.5, 0.6) is 0 Å². The Morgan fingerprint density at radius 3 is 2.82 bits per heavy atom. The summed E-state index contributed by atoms with van der Waals surface area (Å²) < 4.78 is 4.93. The van der Waals surface area contributed by atoms with Crippen LogP contribution in [-0.4, -0.2) is 12.6 Å². The van der Waals surface area contributed by atoms with Crippen molar-refractivity contribution in [1.29, 1.82) is 5.26 Å². The lowest BCUT2D eigenvalue weighted by atomic mass is 9.99. The summed E-state index contributed by atoms with van der Waals surface area (Å²) in [6, 6.07) is 7.12. The van der Waals surface area contributed by atoms with Gasteiger partial charge in [-0.2, -0.15) is 5.26 Å². The fraction of sp³-hybridized carbons (Fsp3) is 0.385. The first-order valence-corrected chi connectivity index (χ1v) is 5.53. The molecular formula is C13H16N2O2. The van der Waals surface area contributed by atoms with Crippen molar-refractivity contribution in [2.75, 3.05) is 12.3 Å². The van der Waals surface area contributed by atoms with E-state index in [0.29, 0.717) is 24.3 Å². The Bertz CT molecular complexity index is 449. The van der Waals surface area contributed by atoms with E-state index in [1.54, 1.807) is 32.0 Å². The zero-order valence-corrected chi connectivity index (χ0v) is 10.1. The van der Waals surface area contributed by atoms with Crippen molar-refractivity contribution in [3.8, 4) is 6.07 Å². The highest BCUT2D eigenvalue weighted by Gasteiger charge is 2.15. The third-order valence-electron chi connectivity index (χ3n) is 2.49. The molecule has 1 aromatic rings. The van der Waals surface area contributed by atoms with E-state index in [9.17, 15) is 4.79 Å².